The molecule has 3 rings (SSSR count). The topological polar surface area (TPSA) is 94.1 Å². The van der Waals surface area contributed by atoms with E-state index in [-0.39, 0.29) is 29.4 Å². The summed E-state index contributed by atoms with van der Waals surface area (Å²) in [7, 11) is 4.98. The molecule has 1 aliphatic carbocycles. The lowest BCUT2D eigenvalue weighted by Gasteiger charge is -2.12. The Morgan fingerprint density at radius 2 is 2.00 bits per heavy atom. The number of nitrogens with one attached hydrogen (secondary N) is 1. The van der Waals surface area contributed by atoms with Gasteiger partial charge in [0.05, 0.1) is 7.11 Å². The highest BCUT2D eigenvalue weighted by Gasteiger charge is 2.30. The maximum Gasteiger partial charge on any atom is 0.344 e. The SMILES string of the molecule is COC(=O)c1cc(=O)c(O)c2oc3cc(N(C)C)ccc3[nH+]c1-2.[Cl-]. The number of benzene rings is 2. The Bertz CT molecular complexity index is 951. The van der Waals surface area contributed by atoms with Gasteiger partial charge in [-0.2, -0.15) is 4.98 Å². The second-order valence-electron chi connectivity index (χ2n) is 5.27. The Hall–Kier alpha value is -2.80. The van der Waals surface area contributed by atoms with Crippen LogP contribution < -0.4 is 27.7 Å². The Morgan fingerprint density at radius 3 is 2.62 bits per heavy atom. The number of rotatable bonds is 2. The van der Waals surface area contributed by atoms with Crippen molar-refractivity contribution in [2.75, 3.05) is 26.1 Å². The van der Waals surface area contributed by atoms with E-state index in [1.807, 2.05) is 25.1 Å². The van der Waals surface area contributed by atoms with E-state index in [1.54, 1.807) is 12.1 Å². The van der Waals surface area contributed by atoms with Crippen LogP contribution in [0.25, 0.3) is 22.6 Å². The molecule has 0 fully saturated rings. The zero-order valence-electron chi connectivity index (χ0n) is 13.2. The van der Waals surface area contributed by atoms with Gasteiger partial charge in [0, 0.05) is 38.0 Å². The summed E-state index contributed by atoms with van der Waals surface area (Å²) in [6.45, 7) is 0. The fourth-order valence-corrected chi connectivity index (χ4v) is 2.34. The number of hydrogen-bond donors (Lipinski definition) is 1. The molecule has 0 radical (unpaired) electrons. The summed E-state index contributed by atoms with van der Waals surface area (Å²) in [6.07, 6.45) is 0. The molecule has 7 nitrogen and oxygen atoms in total. The van der Waals surface area contributed by atoms with E-state index in [9.17, 15) is 14.7 Å². The molecule has 1 aliphatic heterocycles. The zero-order chi connectivity index (χ0) is 16.7. The molecule has 24 heavy (non-hydrogen) atoms. The number of hydrogen-bond acceptors (Lipinski definition) is 6. The van der Waals surface area contributed by atoms with Crippen molar-refractivity contribution in [1.82, 2.24) is 0 Å². The van der Waals surface area contributed by atoms with Gasteiger partial charge in [-0.05, 0) is 6.07 Å². The number of aromatic hydroxyl groups is 1. The number of ether oxygens (including phenoxy) is 1. The van der Waals surface area contributed by atoms with Crippen molar-refractivity contribution in [2.24, 2.45) is 0 Å². The first-order valence-electron chi connectivity index (χ1n) is 6.84. The Morgan fingerprint density at radius 1 is 1.29 bits per heavy atom. The van der Waals surface area contributed by atoms with Crippen LogP contribution in [0.5, 0.6) is 5.75 Å². The lowest BCUT2D eigenvalue weighted by molar-refractivity contribution is -0.334. The molecule has 2 N–H and O–H groups in total. The van der Waals surface area contributed by atoms with Gasteiger partial charge in [-0.25, -0.2) is 4.79 Å². The molecule has 0 saturated carbocycles. The summed E-state index contributed by atoms with van der Waals surface area (Å²) < 4.78 is 10.3. The third kappa shape index (κ3) is 2.74. The number of esters is 1. The molecular weight excluding hydrogens is 336 g/mol. The maximum absolute atomic E-state index is 11.9. The molecule has 1 aromatic rings. The predicted octanol–water partition coefficient (Wildman–Crippen LogP) is -1.73. The van der Waals surface area contributed by atoms with E-state index in [0.717, 1.165) is 11.8 Å². The smallest absolute Gasteiger partial charge is 0.344 e. The summed E-state index contributed by atoms with van der Waals surface area (Å²) in [5.41, 5.74) is 1.46. The van der Waals surface area contributed by atoms with Crippen LogP contribution in [-0.2, 0) is 4.74 Å². The standard InChI is InChI=1S/C16H14N2O5.ClH/c1-18(2)8-4-5-10-12(6-8)23-15-13(17-10)9(16(21)22-3)7-11(19)14(15)20;/h4-7,20H,1-3H3;1H. The van der Waals surface area contributed by atoms with Crippen LogP contribution in [-0.4, -0.2) is 32.3 Å². The highest BCUT2D eigenvalue weighted by atomic mass is 35.5. The van der Waals surface area contributed by atoms with Crippen molar-refractivity contribution in [3.05, 3.63) is 40.1 Å². The van der Waals surface area contributed by atoms with Crippen LogP contribution in [0.2, 0.25) is 0 Å². The number of phenols is 1. The van der Waals surface area contributed by atoms with Gasteiger partial charge in [-0.3, -0.25) is 4.79 Å². The largest absolute Gasteiger partial charge is 1.00 e. The fourth-order valence-electron chi connectivity index (χ4n) is 2.34. The second-order valence-corrected chi connectivity index (χ2v) is 5.27. The van der Waals surface area contributed by atoms with Gasteiger partial charge >= 0.3 is 5.97 Å². The number of halogens is 1. The molecule has 2 aliphatic rings. The van der Waals surface area contributed by atoms with E-state index in [4.69, 9.17) is 4.42 Å². The van der Waals surface area contributed by atoms with Crippen LogP contribution >= 0.6 is 0 Å². The number of aromatic nitrogens is 1. The van der Waals surface area contributed by atoms with E-state index in [0.29, 0.717) is 11.1 Å². The minimum atomic E-state index is -0.710. The number of phenolic OH excluding ortho intramolecular Hbond substituents is 1. The predicted molar refractivity (Wildman–Crippen MR) is 83.0 cm³/mol. The molecule has 0 saturated heterocycles. The fraction of sp³-hybridized carbons (Fsp3) is 0.188. The average molecular weight is 351 g/mol. The molecule has 0 spiro atoms. The van der Waals surface area contributed by atoms with Crippen molar-refractivity contribution in [2.45, 2.75) is 0 Å². The van der Waals surface area contributed by atoms with Crippen LogP contribution in [0.1, 0.15) is 10.4 Å². The van der Waals surface area contributed by atoms with Gasteiger partial charge in [0.25, 0.3) is 5.69 Å². The van der Waals surface area contributed by atoms with Crippen molar-refractivity contribution < 1.29 is 36.4 Å². The number of nitrogens with zero attached hydrogens (tertiary/aromatic N) is 1. The lowest BCUT2D eigenvalue weighted by atomic mass is 10.1. The molecule has 0 atom stereocenters. The summed E-state index contributed by atoms with van der Waals surface area (Å²) in [5, 5.41) is 9.99. The van der Waals surface area contributed by atoms with Gasteiger partial charge in [0.2, 0.25) is 28.0 Å². The summed E-state index contributed by atoms with van der Waals surface area (Å²) in [5.74, 6) is -1.33. The molecule has 0 bridgehead atoms. The molecule has 126 valence electrons. The monoisotopic (exact) mass is 350 g/mol. The van der Waals surface area contributed by atoms with Crippen LogP contribution in [0.3, 0.4) is 0 Å². The molecular formula is C16H15ClN2O5. The third-order valence-corrected chi connectivity index (χ3v) is 3.58. The third-order valence-electron chi connectivity index (χ3n) is 3.58. The molecule has 0 unspecified atom stereocenters. The number of carbonyl (C=O) groups is 1. The first kappa shape index (κ1) is 17.6. The van der Waals surface area contributed by atoms with Crippen LogP contribution in [0, 0.1) is 0 Å². The van der Waals surface area contributed by atoms with Gasteiger partial charge in [0.1, 0.15) is 5.56 Å². The van der Waals surface area contributed by atoms with Crippen LogP contribution in [0.15, 0.2) is 33.5 Å². The van der Waals surface area contributed by atoms with Crippen molar-refractivity contribution in [1.29, 1.82) is 0 Å². The number of methoxy groups -OCH3 is 1. The molecule has 8 heteroatoms. The van der Waals surface area contributed by atoms with Crippen molar-refractivity contribution >= 4 is 22.8 Å². The molecule has 0 aromatic heterocycles. The average Bonchev–Trinajstić information content (AvgIpc) is 2.55. The van der Waals surface area contributed by atoms with Crippen LogP contribution in [0.4, 0.5) is 5.69 Å². The van der Waals surface area contributed by atoms with Gasteiger partial charge in [0.15, 0.2) is 0 Å². The maximum atomic E-state index is 11.9. The Balaban J connectivity index is 0.00000208. The summed E-state index contributed by atoms with van der Waals surface area (Å²) >= 11 is 0. The number of fused-ring (bicyclic) bond motifs is 2. The first-order valence-corrected chi connectivity index (χ1v) is 6.84. The van der Waals surface area contributed by atoms with Crippen molar-refractivity contribution in [3.8, 4) is 17.2 Å². The van der Waals surface area contributed by atoms with Gasteiger partial charge in [-0.15, -0.1) is 0 Å². The molecule has 0 amide bonds. The zero-order valence-corrected chi connectivity index (χ0v) is 14.0. The van der Waals surface area contributed by atoms with E-state index in [1.165, 1.54) is 7.11 Å². The number of anilines is 1. The number of carbonyl (C=O) groups excluding carboxylic acids is 1. The quantitative estimate of drug-likeness (QED) is 0.436. The first-order chi connectivity index (χ1) is 10.9. The van der Waals surface area contributed by atoms with Gasteiger partial charge < -0.3 is 31.6 Å². The van der Waals surface area contributed by atoms with Crippen molar-refractivity contribution in [3.63, 3.8) is 0 Å². The van der Waals surface area contributed by atoms with E-state index < -0.39 is 17.1 Å². The normalized spacial score (nSPS) is 10.5. The molecule has 1 aromatic carbocycles. The highest BCUT2D eigenvalue weighted by molar-refractivity contribution is 5.96. The minimum Gasteiger partial charge on any atom is -1.00 e. The van der Waals surface area contributed by atoms with E-state index >= 15 is 0 Å². The summed E-state index contributed by atoms with van der Waals surface area (Å²) in [6, 6.07) is 6.45. The Labute approximate surface area is 143 Å². The minimum absolute atomic E-state index is 0. The number of H-pyrrole nitrogens is 1. The molecule has 1 heterocycles. The highest BCUT2D eigenvalue weighted by Crippen LogP contribution is 2.31. The lowest BCUT2D eigenvalue weighted by Crippen LogP contribution is -3.00. The van der Waals surface area contributed by atoms with Gasteiger partial charge in [-0.1, -0.05) is 0 Å². The van der Waals surface area contributed by atoms with E-state index in [2.05, 4.69) is 9.72 Å². The Kier molecular flexibility index (Phi) is 4.66. The second kappa shape index (κ2) is 6.37. The number of aromatic amines is 1. The summed E-state index contributed by atoms with van der Waals surface area (Å²) in [4.78, 5) is 28.6.